The van der Waals surface area contributed by atoms with Crippen LogP contribution in [-0.4, -0.2) is 35.6 Å². The fourth-order valence-electron chi connectivity index (χ4n) is 2.75. The van der Waals surface area contributed by atoms with Gasteiger partial charge in [-0.25, -0.2) is 4.98 Å². The van der Waals surface area contributed by atoms with E-state index in [1.54, 1.807) is 0 Å². The first-order valence-corrected chi connectivity index (χ1v) is 8.65. The molecular weight excluding hydrogens is 355 g/mol. The zero-order chi connectivity index (χ0) is 18.0. The molecule has 1 saturated heterocycles. The predicted molar refractivity (Wildman–Crippen MR) is 87.0 cm³/mol. The normalized spacial score (nSPS) is 21.2. The second-order valence-corrected chi connectivity index (χ2v) is 6.96. The number of thiazole rings is 1. The Morgan fingerprint density at radius 1 is 1.32 bits per heavy atom. The predicted octanol–water partition coefficient (Wildman–Crippen LogP) is 2.41. The summed E-state index contributed by atoms with van der Waals surface area (Å²) < 4.78 is 38.8. The summed E-state index contributed by atoms with van der Waals surface area (Å²) in [6.45, 7) is 0.283. The van der Waals surface area contributed by atoms with E-state index in [9.17, 15) is 22.8 Å². The summed E-state index contributed by atoms with van der Waals surface area (Å²) >= 11 is 1.52. The molecule has 0 saturated carbocycles. The van der Waals surface area contributed by atoms with Gasteiger partial charge in [0, 0.05) is 13.0 Å². The van der Waals surface area contributed by atoms with E-state index in [-0.39, 0.29) is 19.4 Å². The third kappa shape index (κ3) is 4.09. The number of aromatic nitrogens is 1. The standard InChI is InChI=1S/C16H16F3N3O2S/c17-16(18,19)12-6-5-9(15(24)22-12)14(23)20-8-7-13-21-10-3-1-2-4-11(10)25-13/h1-4,9,12H,5-8H2,(H,20,23)(H,22,24). The summed E-state index contributed by atoms with van der Waals surface area (Å²) in [7, 11) is 0. The van der Waals surface area contributed by atoms with Crippen molar-refractivity contribution in [1.82, 2.24) is 15.6 Å². The molecule has 2 heterocycles. The van der Waals surface area contributed by atoms with E-state index in [1.807, 2.05) is 29.6 Å². The number of halogens is 3. The molecular formula is C16H16F3N3O2S. The van der Waals surface area contributed by atoms with Gasteiger partial charge in [0.2, 0.25) is 11.8 Å². The Kier molecular flexibility index (Phi) is 4.94. The van der Waals surface area contributed by atoms with Crippen LogP contribution >= 0.6 is 11.3 Å². The zero-order valence-electron chi connectivity index (χ0n) is 13.1. The summed E-state index contributed by atoms with van der Waals surface area (Å²) in [5.74, 6) is -2.49. The molecule has 9 heteroatoms. The van der Waals surface area contributed by atoms with Crippen molar-refractivity contribution in [2.24, 2.45) is 5.92 Å². The molecule has 2 aromatic rings. The van der Waals surface area contributed by atoms with E-state index in [4.69, 9.17) is 0 Å². The Labute approximate surface area is 145 Å². The smallest absolute Gasteiger partial charge is 0.355 e. The van der Waals surface area contributed by atoms with E-state index >= 15 is 0 Å². The van der Waals surface area contributed by atoms with Gasteiger partial charge in [0.15, 0.2) is 0 Å². The van der Waals surface area contributed by atoms with Gasteiger partial charge in [-0.05, 0) is 25.0 Å². The third-order valence-corrected chi connectivity index (χ3v) is 5.16. The van der Waals surface area contributed by atoms with Crippen molar-refractivity contribution in [3.63, 3.8) is 0 Å². The molecule has 2 atom stereocenters. The average molecular weight is 371 g/mol. The van der Waals surface area contributed by atoms with Crippen LogP contribution in [0.2, 0.25) is 0 Å². The highest BCUT2D eigenvalue weighted by Crippen LogP contribution is 2.28. The number of carbonyl (C=O) groups is 2. The molecule has 3 rings (SSSR count). The van der Waals surface area contributed by atoms with E-state index in [0.29, 0.717) is 6.42 Å². The minimum absolute atomic E-state index is 0.108. The van der Waals surface area contributed by atoms with E-state index in [2.05, 4.69) is 10.3 Å². The molecule has 2 N–H and O–H groups in total. The van der Waals surface area contributed by atoms with Gasteiger partial charge in [0.05, 0.1) is 15.2 Å². The van der Waals surface area contributed by atoms with Gasteiger partial charge >= 0.3 is 6.18 Å². The van der Waals surface area contributed by atoms with Crippen molar-refractivity contribution in [1.29, 1.82) is 0 Å². The summed E-state index contributed by atoms with van der Waals surface area (Å²) in [5, 5.41) is 5.35. The number of benzene rings is 1. The van der Waals surface area contributed by atoms with Gasteiger partial charge in [-0.2, -0.15) is 13.2 Å². The maximum Gasteiger partial charge on any atom is 0.408 e. The van der Waals surface area contributed by atoms with E-state index in [0.717, 1.165) is 15.2 Å². The number of para-hydroxylation sites is 1. The Hall–Kier alpha value is -2.16. The van der Waals surface area contributed by atoms with Crippen LogP contribution in [0.5, 0.6) is 0 Å². The van der Waals surface area contributed by atoms with Crippen LogP contribution in [0.4, 0.5) is 13.2 Å². The number of hydrogen-bond acceptors (Lipinski definition) is 4. The highest BCUT2D eigenvalue weighted by Gasteiger charge is 2.45. The molecule has 1 aliphatic rings. The van der Waals surface area contributed by atoms with Crippen LogP contribution < -0.4 is 10.6 Å². The number of rotatable bonds is 4. The highest BCUT2D eigenvalue weighted by molar-refractivity contribution is 7.18. The number of hydrogen-bond donors (Lipinski definition) is 2. The first kappa shape index (κ1) is 17.7. The fourth-order valence-corrected chi connectivity index (χ4v) is 3.71. The Morgan fingerprint density at radius 2 is 2.08 bits per heavy atom. The molecule has 0 aliphatic carbocycles. The van der Waals surface area contributed by atoms with E-state index in [1.165, 1.54) is 11.3 Å². The monoisotopic (exact) mass is 371 g/mol. The van der Waals surface area contributed by atoms with Gasteiger partial charge in [-0.1, -0.05) is 12.1 Å². The van der Waals surface area contributed by atoms with Gasteiger partial charge in [0.25, 0.3) is 0 Å². The summed E-state index contributed by atoms with van der Waals surface area (Å²) in [4.78, 5) is 28.3. The lowest BCUT2D eigenvalue weighted by Gasteiger charge is -2.29. The van der Waals surface area contributed by atoms with Gasteiger partial charge in [0.1, 0.15) is 12.0 Å². The third-order valence-electron chi connectivity index (χ3n) is 4.06. The molecule has 1 aliphatic heterocycles. The van der Waals surface area contributed by atoms with Crippen LogP contribution in [0.1, 0.15) is 17.8 Å². The molecule has 134 valence electrons. The van der Waals surface area contributed by atoms with Crippen LogP contribution in [0.25, 0.3) is 10.2 Å². The van der Waals surface area contributed by atoms with Crippen molar-refractivity contribution in [2.45, 2.75) is 31.5 Å². The fraction of sp³-hybridized carbons (Fsp3) is 0.438. The number of alkyl halides is 3. The van der Waals surface area contributed by atoms with E-state index < -0.39 is 30.0 Å². The van der Waals surface area contributed by atoms with Crippen LogP contribution in [-0.2, 0) is 16.0 Å². The lowest BCUT2D eigenvalue weighted by atomic mass is 9.93. The maximum absolute atomic E-state index is 12.6. The molecule has 1 aromatic heterocycles. The first-order chi connectivity index (χ1) is 11.8. The van der Waals surface area contributed by atoms with Gasteiger partial charge < -0.3 is 10.6 Å². The molecule has 25 heavy (non-hydrogen) atoms. The molecule has 5 nitrogen and oxygen atoms in total. The summed E-state index contributed by atoms with van der Waals surface area (Å²) in [6, 6.07) is 5.80. The number of fused-ring (bicyclic) bond motifs is 1. The largest absolute Gasteiger partial charge is 0.408 e. The Morgan fingerprint density at radius 3 is 2.76 bits per heavy atom. The number of piperidine rings is 1. The highest BCUT2D eigenvalue weighted by atomic mass is 32.1. The summed E-state index contributed by atoms with van der Waals surface area (Å²) in [5.41, 5.74) is 0.888. The second-order valence-electron chi connectivity index (χ2n) is 5.85. The zero-order valence-corrected chi connectivity index (χ0v) is 13.9. The van der Waals surface area contributed by atoms with Crippen LogP contribution in [0.15, 0.2) is 24.3 Å². The minimum atomic E-state index is -4.48. The topological polar surface area (TPSA) is 71.1 Å². The Bertz CT molecular complexity index is 757. The van der Waals surface area contributed by atoms with Crippen molar-refractivity contribution in [3.05, 3.63) is 29.3 Å². The van der Waals surface area contributed by atoms with Crippen molar-refractivity contribution >= 4 is 33.4 Å². The summed E-state index contributed by atoms with van der Waals surface area (Å²) in [6.07, 6.45) is -4.37. The Balaban J connectivity index is 1.50. The van der Waals surface area contributed by atoms with Crippen molar-refractivity contribution in [3.8, 4) is 0 Å². The SMILES string of the molecule is O=C(NCCc1nc2ccccc2s1)C1CCC(C(F)(F)F)NC1=O. The van der Waals surface area contributed by atoms with Gasteiger partial charge in [-0.3, -0.25) is 9.59 Å². The van der Waals surface area contributed by atoms with Crippen molar-refractivity contribution < 1.29 is 22.8 Å². The minimum Gasteiger partial charge on any atom is -0.355 e. The molecule has 0 radical (unpaired) electrons. The molecule has 2 amide bonds. The lowest BCUT2D eigenvalue weighted by Crippen LogP contribution is -2.54. The lowest BCUT2D eigenvalue weighted by molar-refractivity contribution is -0.171. The molecule has 1 fully saturated rings. The maximum atomic E-state index is 12.6. The van der Waals surface area contributed by atoms with Crippen molar-refractivity contribution in [2.75, 3.05) is 6.54 Å². The number of nitrogens with one attached hydrogen (secondary N) is 2. The average Bonchev–Trinajstić information content (AvgIpc) is 2.96. The second kappa shape index (κ2) is 6.99. The molecule has 2 unspecified atom stereocenters. The van der Waals surface area contributed by atoms with Crippen LogP contribution in [0, 0.1) is 5.92 Å². The van der Waals surface area contributed by atoms with Gasteiger partial charge in [-0.15, -0.1) is 11.3 Å². The number of nitrogens with zero attached hydrogens (tertiary/aromatic N) is 1. The van der Waals surface area contributed by atoms with Crippen LogP contribution in [0.3, 0.4) is 0 Å². The number of carbonyl (C=O) groups excluding carboxylic acids is 2. The molecule has 1 aromatic carbocycles. The quantitative estimate of drug-likeness (QED) is 0.811. The number of amides is 2. The molecule has 0 bridgehead atoms. The first-order valence-electron chi connectivity index (χ1n) is 7.84. The molecule has 0 spiro atoms.